The van der Waals surface area contributed by atoms with Crippen LogP contribution < -0.4 is 0 Å². The third-order valence-corrected chi connectivity index (χ3v) is 2.43. The molecule has 68 valence electrons. The first kappa shape index (κ1) is 8.79. The predicted octanol–water partition coefficient (Wildman–Crippen LogP) is 3.36. The van der Waals surface area contributed by atoms with Crippen molar-refractivity contribution in [2.75, 3.05) is 0 Å². The minimum atomic E-state index is 0.203. The number of hydrogen-bond donors (Lipinski definition) is 0. The molecule has 1 aromatic rings. The Kier molecular flexibility index (Phi) is 2.14. The lowest BCUT2D eigenvalue weighted by molar-refractivity contribution is 0.389. The maximum Gasteiger partial charge on any atom is 0.113 e. The average molecular weight is 195 g/mol. The van der Waals surface area contributed by atoms with Gasteiger partial charge in [0.1, 0.15) is 12.2 Å². The van der Waals surface area contributed by atoms with E-state index < -0.39 is 0 Å². The van der Waals surface area contributed by atoms with Crippen molar-refractivity contribution < 1.29 is 4.74 Å². The maximum absolute atomic E-state index is 5.78. The van der Waals surface area contributed by atoms with Crippen LogP contribution in [0.2, 0.25) is 5.02 Å². The molecule has 1 saturated heterocycles. The Labute approximate surface area is 83.0 Å². The van der Waals surface area contributed by atoms with Crippen LogP contribution in [0.5, 0.6) is 0 Å². The van der Waals surface area contributed by atoms with Gasteiger partial charge in [0.05, 0.1) is 0 Å². The van der Waals surface area contributed by atoms with E-state index in [1.54, 1.807) is 0 Å². The van der Waals surface area contributed by atoms with Crippen molar-refractivity contribution >= 4 is 11.6 Å². The second-order valence-corrected chi connectivity index (χ2v) is 3.81. The van der Waals surface area contributed by atoms with Gasteiger partial charge in [0.15, 0.2) is 0 Å². The van der Waals surface area contributed by atoms with E-state index in [0.29, 0.717) is 0 Å². The van der Waals surface area contributed by atoms with Crippen LogP contribution in [0.25, 0.3) is 0 Å². The number of rotatable bonds is 2. The molecule has 1 aliphatic rings. The second kappa shape index (κ2) is 3.17. The zero-order chi connectivity index (χ0) is 9.42. The Hall–Kier alpha value is -0.790. The van der Waals surface area contributed by atoms with Crippen molar-refractivity contribution in [1.82, 2.24) is 0 Å². The Bertz CT molecular complexity index is 328. The molecule has 0 saturated carbocycles. The van der Waals surface area contributed by atoms with Crippen molar-refractivity contribution in [3.63, 3.8) is 0 Å². The molecule has 0 aromatic heterocycles. The summed E-state index contributed by atoms with van der Waals surface area (Å²) in [6.07, 6.45) is 0.413. The first-order valence-corrected chi connectivity index (χ1v) is 4.62. The normalized spacial score (nSPS) is 25.7. The SMILES string of the molecule is C=C(C)[C@@H]1O[C@H]1c1ccc(Cl)cc1. The van der Waals surface area contributed by atoms with Crippen molar-refractivity contribution in [2.24, 2.45) is 0 Å². The van der Waals surface area contributed by atoms with Crippen molar-refractivity contribution in [3.05, 3.63) is 47.0 Å². The summed E-state index contributed by atoms with van der Waals surface area (Å²) in [5, 5.41) is 0.760. The van der Waals surface area contributed by atoms with Crippen LogP contribution in [0.4, 0.5) is 0 Å². The highest BCUT2D eigenvalue weighted by Gasteiger charge is 2.40. The van der Waals surface area contributed by atoms with E-state index in [2.05, 4.69) is 6.58 Å². The van der Waals surface area contributed by atoms with E-state index in [0.717, 1.165) is 10.6 Å². The van der Waals surface area contributed by atoms with Crippen LogP contribution in [0.15, 0.2) is 36.4 Å². The van der Waals surface area contributed by atoms with Gasteiger partial charge in [0, 0.05) is 5.02 Å². The molecule has 1 heterocycles. The Morgan fingerprint density at radius 2 is 2.00 bits per heavy atom. The monoisotopic (exact) mass is 194 g/mol. The van der Waals surface area contributed by atoms with E-state index in [-0.39, 0.29) is 12.2 Å². The molecule has 1 aromatic carbocycles. The highest BCUT2D eigenvalue weighted by Crippen LogP contribution is 2.42. The number of epoxide rings is 1. The van der Waals surface area contributed by atoms with Crippen LogP contribution >= 0.6 is 11.6 Å². The number of benzene rings is 1. The number of halogens is 1. The predicted molar refractivity (Wildman–Crippen MR) is 53.9 cm³/mol. The Morgan fingerprint density at radius 3 is 2.46 bits per heavy atom. The van der Waals surface area contributed by atoms with E-state index in [9.17, 15) is 0 Å². The van der Waals surface area contributed by atoms with E-state index >= 15 is 0 Å². The summed E-state index contributed by atoms with van der Waals surface area (Å²) < 4.78 is 5.46. The minimum Gasteiger partial charge on any atom is -0.360 e. The summed E-state index contributed by atoms with van der Waals surface area (Å²) in [5.41, 5.74) is 2.26. The van der Waals surface area contributed by atoms with Gasteiger partial charge in [-0.2, -0.15) is 0 Å². The lowest BCUT2D eigenvalue weighted by atomic mass is 10.1. The molecule has 1 aliphatic heterocycles. The van der Waals surface area contributed by atoms with Gasteiger partial charge in [0.2, 0.25) is 0 Å². The van der Waals surface area contributed by atoms with Crippen LogP contribution in [-0.4, -0.2) is 6.10 Å². The molecule has 0 bridgehead atoms. The van der Waals surface area contributed by atoms with Gasteiger partial charge in [-0.15, -0.1) is 0 Å². The van der Waals surface area contributed by atoms with Gasteiger partial charge >= 0.3 is 0 Å². The van der Waals surface area contributed by atoms with Gasteiger partial charge in [0.25, 0.3) is 0 Å². The van der Waals surface area contributed by atoms with Crippen LogP contribution in [-0.2, 0) is 4.74 Å². The Balaban J connectivity index is 2.12. The third kappa shape index (κ3) is 1.77. The van der Waals surface area contributed by atoms with E-state index in [1.165, 1.54) is 5.56 Å². The van der Waals surface area contributed by atoms with E-state index in [1.807, 2.05) is 31.2 Å². The molecule has 2 rings (SSSR count). The number of hydrogen-bond acceptors (Lipinski definition) is 1. The molecule has 2 heteroatoms. The molecular weight excluding hydrogens is 184 g/mol. The molecule has 2 atom stereocenters. The molecule has 0 radical (unpaired) electrons. The standard InChI is InChI=1S/C11H11ClO/c1-7(2)10-11(13-10)8-3-5-9(12)6-4-8/h3-6,10-11H,1H2,2H3/t10-,11-/m0/s1. The fourth-order valence-electron chi connectivity index (χ4n) is 1.39. The van der Waals surface area contributed by atoms with Crippen LogP contribution in [0.1, 0.15) is 18.6 Å². The second-order valence-electron chi connectivity index (χ2n) is 3.38. The molecule has 1 fully saturated rings. The summed E-state index contributed by atoms with van der Waals surface area (Å²) >= 11 is 5.78. The lowest BCUT2D eigenvalue weighted by Crippen LogP contribution is -1.88. The summed E-state index contributed by atoms with van der Waals surface area (Å²) in [7, 11) is 0. The Morgan fingerprint density at radius 1 is 1.38 bits per heavy atom. The van der Waals surface area contributed by atoms with Crippen molar-refractivity contribution in [1.29, 1.82) is 0 Å². The van der Waals surface area contributed by atoms with E-state index in [4.69, 9.17) is 16.3 Å². The highest BCUT2D eigenvalue weighted by molar-refractivity contribution is 6.30. The molecule has 0 N–H and O–H groups in total. The fraction of sp³-hybridized carbons (Fsp3) is 0.273. The summed E-state index contributed by atoms with van der Waals surface area (Å²) in [6.45, 7) is 5.85. The van der Waals surface area contributed by atoms with Crippen molar-refractivity contribution in [2.45, 2.75) is 19.1 Å². The minimum absolute atomic E-state index is 0.203. The summed E-state index contributed by atoms with van der Waals surface area (Å²) in [4.78, 5) is 0. The largest absolute Gasteiger partial charge is 0.360 e. The molecule has 0 spiro atoms. The third-order valence-electron chi connectivity index (χ3n) is 2.18. The van der Waals surface area contributed by atoms with Crippen molar-refractivity contribution in [3.8, 4) is 0 Å². The summed E-state index contributed by atoms with van der Waals surface area (Å²) in [6, 6.07) is 7.76. The molecule has 0 unspecified atom stereocenters. The summed E-state index contributed by atoms with van der Waals surface area (Å²) in [5.74, 6) is 0. The molecule has 0 aliphatic carbocycles. The van der Waals surface area contributed by atoms with Crippen LogP contribution in [0, 0.1) is 0 Å². The molecular formula is C11H11ClO. The van der Waals surface area contributed by atoms with Gasteiger partial charge < -0.3 is 4.74 Å². The maximum atomic E-state index is 5.78. The highest BCUT2D eigenvalue weighted by atomic mass is 35.5. The van der Waals surface area contributed by atoms with Crippen LogP contribution in [0.3, 0.4) is 0 Å². The zero-order valence-corrected chi connectivity index (χ0v) is 8.21. The average Bonchev–Trinajstić information content (AvgIpc) is 2.85. The van der Waals surface area contributed by atoms with Gasteiger partial charge in [-0.1, -0.05) is 30.3 Å². The first-order valence-electron chi connectivity index (χ1n) is 4.25. The number of ether oxygens (including phenoxy) is 1. The zero-order valence-electron chi connectivity index (χ0n) is 7.46. The molecule has 13 heavy (non-hydrogen) atoms. The topological polar surface area (TPSA) is 12.5 Å². The first-order chi connectivity index (χ1) is 6.18. The van der Waals surface area contributed by atoms with Gasteiger partial charge in [-0.05, 0) is 30.2 Å². The van der Waals surface area contributed by atoms with Gasteiger partial charge in [-0.25, -0.2) is 0 Å². The lowest BCUT2D eigenvalue weighted by Gasteiger charge is -1.95. The fourth-order valence-corrected chi connectivity index (χ4v) is 1.52. The smallest absolute Gasteiger partial charge is 0.113 e. The molecule has 1 nitrogen and oxygen atoms in total. The molecule has 0 amide bonds. The van der Waals surface area contributed by atoms with Gasteiger partial charge in [-0.3, -0.25) is 0 Å². The quantitative estimate of drug-likeness (QED) is 0.520.